The van der Waals surface area contributed by atoms with E-state index in [0.29, 0.717) is 12.2 Å². The Balaban J connectivity index is 3.26. The van der Waals surface area contributed by atoms with E-state index >= 15 is 0 Å². The predicted molar refractivity (Wildman–Crippen MR) is 72.9 cm³/mol. The molecule has 0 aromatic rings. The van der Waals surface area contributed by atoms with Crippen LogP contribution in [0.1, 0.15) is 58.8 Å². The Kier molecular flexibility index (Phi) is 10.7. The Morgan fingerprint density at radius 3 is 2.41 bits per heavy atom. The molecule has 2 nitrogen and oxygen atoms in total. The lowest BCUT2D eigenvalue weighted by Crippen LogP contribution is -2.04. The molecule has 0 aromatic heterocycles. The molecule has 0 atom stereocenters. The van der Waals surface area contributed by atoms with Gasteiger partial charge in [0.2, 0.25) is 0 Å². The van der Waals surface area contributed by atoms with E-state index in [1.165, 1.54) is 38.5 Å². The average Bonchev–Trinajstić information content (AvgIpc) is 2.31. The van der Waals surface area contributed by atoms with Crippen molar-refractivity contribution in [2.24, 2.45) is 0 Å². The van der Waals surface area contributed by atoms with Gasteiger partial charge in [0.15, 0.2) is 0 Å². The van der Waals surface area contributed by atoms with E-state index in [1.807, 2.05) is 6.08 Å². The monoisotopic (exact) mass is 238 g/mol. The van der Waals surface area contributed by atoms with Crippen LogP contribution in [0.25, 0.3) is 0 Å². The maximum Gasteiger partial charge on any atom is 0.333 e. The molecular formula is C15H26O2. The van der Waals surface area contributed by atoms with Crippen molar-refractivity contribution in [2.45, 2.75) is 58.8 Å². The van der Waals surface area contributed by atoms with E-state index in [4.69, 9.17) is 4.74 Å². The summed E-state index contributed by atoms with van der Waals surface area (Å²) < 4.78 is 4.94. The van der Waals surface area contributed by atoms with E-state index in [2.05, 4.69) is 19.6 Å². The molecule has 0 spiro atoms. The van der Waals surface area contributed by atoms with Gasteiger partial charge in [-0.05, 0) is 19.8 Å². The van der Waals surface area contributed by atoms with E-state index in [-0.39, 0.29) is 5.97 Å². The van der Waals surface area contributed by atoms with Crippen LogP contribution in [0.3, 0.4) is 0 Å². The maximum absolute atomic E-state index is 11.0. The zero-order chi connectivity index (χ0) is 12.9. The first-order valence-electron chi connectivity index (χ1n) is 6.66. The topological polar surface area (TPSA) is 26.3 Å². The Morgan fingerprint density at radius 1 is 1.12 bits per heavy atom. The van der Waals surface area contributed by atoms with Crippen LogP contribution in [0.2, 0.25) is 0 Å². The molecule has 0 bridgehead atoms. The van der Waals surface area contributed by atoms with Gasteiger partial charge in [0.25, 0.3) is 0 Å². The third-order valence-corrected chi connectivity index (χ3v) is 2.55. The Hall–Kier alpha value is -1.05. The number of allylic oxidation sites excluding steroid dienone is 1. The minimum absolute atomic E-state index is 0.311. The number of hydrogen-bond acceptors (Lipinski definition) is 2. The normalized spacial score (nSPS) is 10.7. The van der Waals surface area contributed by atoms with Gasteiger partial charge in [-0.1, -0.05) is 57.8 Å². The number of carbonyl (C=O) groups is 1. The van der Waals surface area contributed by atoms with Crippen LogP contribution in [0, 0.1) is 0 Å². The second-order valence-electron chi connectivity index (χ2n) is 4.41. The van der Waals surface area contributed by atoms with Gasteiger partial charge in [-0.3, -0.25) is 0 Å². The molecule has 0 radical (unpaired) electrons. The number of unbranched alkanes of at least 4 members (excludes halogenated alkanes) is 6. The first kappa shape index (κ1) is 16.0. The summed E-state index contributed by atoms with van der Waals surface area (Å²) in [7, 11) is 0. The molecule has 0 fully saturated rings. The van der Waals surface area contributed by atoms with E-state index in [1.54, 1.807) is 6.92 Å². The fourth-order valence-electron chi connectivity index (χ4n) is 1.48. The largest absolute Gasteiger partial charge is 0.458 e. The van der Waals surface area contributed by atoms with Crippen molar-refractivity contribution in [1.29, 1.82) is 0 Å². The maximum atomic E-state index is 11.0. The molecule has 0 saturated carbocycles. The molecule has 0 heterocycles. The zero-order valence-corrected chi connectivity index (χ0v) is 11.3. The number of carbonyl (C=O) groups excluding carboxylic acids is 1. The Bertz CT molecular complexity index is 241. The summed E-state index contributed by atoms with van der Waals surface area (Å²) >= 11 is 0. The average molecular weight is 238 g/mol. The summed E-state index contributed by atoms with van der Waals surface area (Å²) in [6, 6.07) is 0. The van der Waals surface area contributed by atoms with E-state index in [9.17, 15) is 4.79 Å². The molecule has 17 heavy (non-hydrogen) atoms. The highest BCUT2D eigenvalue weighted by molar-refractivity contribution is 5.86. The van der Waals surface area contributed by atoms with Crippen LogP contribution in [0.15, 0.2) is 24.3 Å². The van der Waals surface area contributed by atoms with Crippen molar-refractivity contribution in [3.63, 3.8) is 0 Å². The summed E-state index contributed by atoms with van der Waals surface area (Å²) in [6.45, 7) is 7.77. The van der Waals surface area contributed by atoms with Crippen LogP contribution in [-0.4, -0.2) is 12.6 Å². The Morgan fingerprint density at radius 2 is 1.76 bits per heavy atom. The van der Waals surface area contributed by atoms with Gasteiger partial charge >= 0.3 is 5.97 Å². The third-order valence-electron chi connectivity index (χ3n) is 2.55. The van der Waals surface area contributed by atoms with Crippen LogP contribution < -0.4 is 0 Å². The standard InChI is InChI=1S/C15H26O2/c1-4-5-6-7-8-9-10-11-12-13-17-15(16)14(2)3/h11-12H,2,4-10,13H2,1,3H3. The lowest BCUT2D eigenvalue weighted by molar-refractivity contribution is -0.137. The van der Waals surface area contributed by atoms with Gasteiger partial charge in [0.1, 0.15) is 6.61 Å². The predicted octanol–water partition coefficient (Wildman–Crippen LogP) is 4.41. The molecule has 0 aliphatic carbocycles. The van der Waals surface area contributed by atoms with Gasteiger partial charge in [-0.25, -0.2) is 4.79 Å². The summed E-state index contributed by atoms with van der Waals surface area (Å²) in [5.74, 6) is -0.311. The van der Waals surface area contributed by atoms with Crippen LogP contribution >= 0.6 is 0 Å². The summed E-state index contributed by atoms with van der Waals surface area (Å²) in [5.41, 5.74) is 0.453. The molecular weight excluding hydrogens is 212 g/mol. The summed E-state index contributed by atoms with van der Waals surface area (Å²) in [5, 5.41) is 0. The smallest absolute Gasteiger partial charge is 0.333 e. The molecule has 0 saturated heterocycles. The molecule has 98 valence electrons. The molecule has 0 aromatic carbocycles. The molecule has 0 rings (SSSR count). The number of hydrogen-bond donors (Lipinski definition) is 0. The highest BCUT2D eigenvalue weighted by Crippen LogP contribution is 2.07. The van der Waals surface area contributed by atoms with E-state index in [0.717, 1.165) is 6.42 Å². The summed E-state index contributed by atoms with van der Waals surface area (Å²) in [6.07, 6.45) is 13.0. The second kappa shape index (κ2) is 11.4. The van der Waals surface area contributed by atoms with Crippen LogP contribution in [0.4, 0.5) is 0 Å². The Labute approximate surface area is 106 Å². The van der Waals surface area contributed by atoms with Crippen molar-refractivity contribution in [2.75, 3.05) is 6.61 Å². The van der Waals surface area contributed by atoms with Crippen molar-refractivity contribution in [3.8, 4) is 0 Å². The lowest BCUT2D eigenvalue weighted by Gasteiger charge is -2.00. The molecule has 0 aliphatic rings. The molecule has 2 heteroatoms. The van der Waals surface area contributed by atoms with Gasteiger partial charge in [-0.2, -0.15) is 0 Å². The zero-order valence-electron chi connectivity index (χ0n) is 11.3. The fourth-order valence-corrected chi connectivity index (χ4v) is 1.48. The van der Waals surface area contributed by atoms with Gasteiger partial charge in [-0.15, -0.1) is 0 Å². The molecule has 0 N–H and O–H groups in total. The lowest BCUT2D eigenvalue weighted by atomic mass is 10.1. The van der Waals surface area contributed by atoms with E-state index < -0.39 is 0 Å². The molecule has 0 amide bonds. The third kappa shape index (κ3) is 11.2. The first-order chi connectivity index (χ1) is 8.18. The van der Waals surface area contributed by atoms with Crippen molar-refractivity contribution < 1.29 is 9.53 Å². The highest BCUT2D eigenvalue weighted by atomic mass is 16.5. The fraction of sp³-hybridized carbons (Fsp3) is 0.667. The van der Waals surface area contributed by atoms with Crippen LogP contribution in [-0.2, 0) is 9.53 Å². The first-order valence-corrected chi connectivity index (χ1v) is 6.66. The van der Waals surface area contributed by atoms with Gasteiger partial charge < -0.3 is 4.74 Å². The van der Waals surface area contributed by atoms with Gasteiger partial charge in [0.05, 0.1) is 0 Å². The molecule has 0 unspecified atom stereocenters. The number of ether oxygens (including phenoxy) is 1. The molecule has 0 aliphatic heterocycles. The summed E-state index contributed by atoms with van der Waals surface area (Å²) in [4.78, 5) is 11.0. The van der Waals surface area contributed by atoms with Crippen molar-refractivity contribution in [1.82, 2.24) is 0 Å². The van der Waals surface area contributed by atoms with Crippen LogP contribution in [0.5, 0.6) is 0 Å². The minimum Gasteiger partial charge on any atom is -0.458 e. The van der Waals surface area contributed by atoms with Gasteiger partial charge in [0, 0.05) is 5.57 Å². The SMILES string of the molecule is C=C(C)C(=O)OCC=CCCCCCCCC. The quantitative estimate of drug-likeness (QED) is 0.244. The second-order valence-corrected chi connectivity index (χ2v) is 4.41. The van der Waals surface area contributed by atoms with Crippen molar-refractivity contribution >= 4 is 5.97 Å². The number of rotatable bonds is 10. The minimum atomic E-state index is -0.311. The number of esters is 1. The van der Waals surface area contributed by atoms with Crippen molar-refractivity contribution in [3.05, 3.63) is 24.3 Å². The highest BCUT2D eigenvalue weighted by Gasteiger charge is 1.99.